The zero-order valence-electron chi connectivity index (χ0n) is 12.1. The molecule has 3 nitrogen and oxygen atoms in total. The number of rotatable bonds is 5. The summed E-state index contributed by atoms with van der Waals surface area (Å²) in [7, 11) is 1.97. The molecule has 0 bridgehead atoms. The monoisotopic (exact) mass is 333 g/mol. The van der Waals surface area contributed by atoms with Crippen molar-refractivity contribution in [1.82, 2.24) is 15.3 Å². The van der Waals surface area contributed by atoms with Crippen molar-refractivity contribution in [3.05, 3.63) is 46.8 Å². The lowest BCUT2D eigenvalue weighted by Crippen LogP contribution is -2.23. The number of nitrogens with one attached hydrogen (secondary N) is 1. The summed E-state index contributed by atoms with van der Waals surface area (Å²) in [5, 5.41) is 3.23. The van der Waals surface area contributed by atoms with Crippen LogP contribution in [0.4, 0.5) is 0 Å². The zero-order chi connectivity index (χ0) is 14.5. The van der Waals surface area contributed by atoms with E-state index in [1.165, 1.54) is 0 Å². The predicted molar refractivity (Wildman–Crippen MR) is 86.7 cm³/mol. The van der Waals surface area contributed by atoms with Gasteiger partial charge in [-0.25, -0.2) is 9.97 Å². The molecule has 0 spiro atoms. The first kappa shape index (κ1) is 15.1. The van der Waals surface area contributed by atoms with Crippen molar-refractivity contribution in [2.24, 2.45) is 5.92 Å². The maximum Gasteiger partial charge on any atom is 0.133 e. The number of hydrogen-bond donors (Lipinski definition) is 1. The molecule has 1 N–H and O–H groups in total. The van der Waals surface area contributed by atoms with Crippen molar-refractivity contribution in [3.63, 3.8) is 0 Å². The molecular formula is C16H20BrN3. The number of likely N-dealkylation sites (N-methyl/N-ethyl adjacent to an activating group) is 1. The Morgan fingerprint density at radius 2 is 1.85 bits per heavy atom. The Balaban J connectivity index is 2.33. The Kier molecular flexibility index (Phi) is 5.26. The number of hydrogen-bond acceptors (Lipinski definition) is 3. The van der Waals surface area contributed by atoms with Crippen LogP contribution in [-0.4, -0.2) is 23.6 Å². The second kappa shape index (κ2) is 6.95. The normalized spacial score (nSPS) is 12.7. The van der Waals surface area contributed by atoms with Gasteiger partial charge in [0.25, 0.3) is 0 Å². The highest BCUT2D eigenvalue weighted by molar-refractivity contribution is 9.10. The van der Waals surface area contributed by atoms with E-state index in [9.17, 15) is 0 Å². The smallest absolute Gasteiger partial charge is 0.133 e. The summed E-state index contributed by atoms with van der Waals surface area (Å²) in [5.41, 5.74) is 2.09. The molecule has 106 valence electrons. The summed E-state index contributed by atoms with van der Waals surface area (Å²) in [6.45, 7) is 5.30. The van der Waals surface area contributed by atoms with Crippen LogP contribution in [0.15, 0.2) is 41.0 Å². The maximum atomic E-state index is 4.75. The fraction of sp³-hybridized carbons (Fsp3) is 0.375. The van der Waals surface area contributed by atoms with Crippen LogP contribution in [0.25, 0.3) is 11.3 Å². The summed E-state index contributed by atoms with van der Waals surface area (Å²) >= 11 is 3.45. The molecule has 1 unspecified atom stereocenters. The number of nitrogens with zero attached hydrogens (tertiary/aromatic N) is 2. The Labute approximate surface area is 129 Å². The van der Waals surface area contributed by atoms with Gasteiger partial charge in [-0.1, -0.05) is 41.9 Å². The minimum Gasteiger partial charge on any atom is -0.319 e. The molecule has 0 fully saturated rings. The fourth-order valence-corrected chi connectivity index (χ4v) is 2.44. The lowest BCUT2D eigenvalue weighted by molar-refractivity contribution is 0.458. The van der Waals surface area contributed by atoms with Gasteiger partial charge in [-0.3, -0.25) is 0 Å². The first-order valence-corrected chi connectivity index (χ1v) is 7.64. The Hall–Kier alpha value is -1.26. The van der Waals surface area contributed by atoms with Crippen LogP contribution >= 0.6 is 15.9 Å². The minimum atomic E-state index is 0.329. The number of aromatic nitrogens is 2. The van der Waals surface area contributed by atoms with Crippen LogP contribution in [0.1, 0.15) is 25.6 Å². The van der Waals surface area contributed by atoms with Gasteiger partial charge in [0, 0.05) is 28.7 Å². The molecule has 0 aliphatic carbocycles. The van der Waals surface area contributed by atoms with Gasteiger partial charge in [0.2, 0.25) is 0 Å². The van der Waals surface area contributed by atoms with Gasteiger partial charge < -0.3 is 5.32 Å². The second-order valence-electron chi connectivity index (χ2n) is 5.22. The molecule has 20 heavy (non-hydrogen) atoms. The Morgan fingerprint density at radius 3 is 2.45 bits per heavy atom. The van der Waals surface area contributed by atoms with Crippen molar-refractivity contribution in [2.45, 2.75) is 19.8 Å². The lowest BCUT2D eigenvalue weighted by atomic mass is 9.94. The van der Waals surface area contributed by atoms with Gasteiger partial charge in [0.15, 0.2) is 0 Å². The van der Waals surface area contributed by atoms with Crippen molar-refractivity contribution in [1.29, 1.82) is 0 Å². The molecule has 1 aromatic heterocycles. The molecule has 0 saturated heterocycles. The topological polar surface area (TPSA) is 37.8 Å². The van der Waals surface area contributed by atoms with Crippen molar-refractivity contribution in [3.8, 4) is 11.3 Å². The molecule has 0 radical (unpaired) electrons. The van der Waals surface area contributed by atoms with E-state index in [0.717, 1.165) is 28.1 Å². The summed E-state index contributed by atoms with van der Waals surface area (Å²) in [4.78, 5) is 9.21. The van der Waals surface area contributed by atoms with Gasteiger partial charge >= 0.3 is 0 Å². The quantitative estimate of drug-likeness (QED) is 0.902. The van der Waals surface area contributed by atoms with Crippen LogP contribution in [0.5, 0.6) is 0 Å². The summed E-state index contributed by atoms with van der Waals surface area (Å²) in [5.74, 6) is 1.74. The van der Waals surface area contributed by atoms with Gasteiger partial charge in [-0.05, 0) is 31.2 Å². The fourth-order valence-electron chi connectivity index (χ4n) is 2.18. The van der Waals surface area contributed by atoms with E-state index < -0.39 is 0 Å². The van der Waals surface area contributed by atoms with E-state index >= 15 is 0 Å². The van der Waals surface area contributed by atoms with E-state index in [-0.39, 0.29) is 0 Å². The van der Waals surface area contributed by atoms with E-state index in [2.05, 4.69) is 52.2 Å². The van der Waals surface area contributed by atoms with Gasteiger partial charge in [-0.2, -0.15) is 0 Å². The van der Waals surface area contributed by atoms with Gasteiger partial charge in [0.1, 0.15) is 5.82 Å². The van der Waals surface area contributed by atoms with Crippen LogP contribution in [0.3, 0.4) is 0 Å². The van der Waals surface area contributed by atoms with E-state index in [1.807, 2.05) is 31.4 Å². The molecule has 0 aliphatic heterocycles. The SMILES string of the molecule is CNCC(c1nccc(-c2ccc(Br)cc2)n1)C(C)C. The lowest BCUT2D eigenvalue weighted by Gasteiger charge is -2.19. The summed E-state index contributed by atoms with van der Waals surface area (Å²) in [6.07, 6.45) is 1.85. The molecule has 4 heteroatoms. The van der Waals surface area contributed by atoms with Gasteiger partial charge in [0.05, 0.1) is 5.69 Å². The first-order valence-electron chi connectivity index (χ1n) is 6.85. The third kappa shape index (κ3) is 3.64. The van der Waals surface area contributed by atoms with Crippen molar-refractivity contribution < 1.29 is 0 Å². The van der Waals surface area contributed by atoms with Gasteiger partial charge in [-0.15, -0.1) is 0 Å². The molecule has 0 saturated carbocycles. The molecular weight excluding hydrogens is 314 g/mol. The van der Waals surface area contributed by atoms with E-state index in [4.69, 9.17) is 4.98 Å². The summed E-state index contributed by atoms with van der Waals surface area (Å²) < 4.78 is 1.07. The molecule has 0 amide bonds. The molecule has 1 heterocycles. The molecule has 2 aromatic rings. The van der Waals surface area contributed by atoms with Crippen LogP contribution in [0, 0.1) is 5.92 Å². The molecule has 1 aromatic carbocycles. The highest BCUT2D eigenvalue weighted by atomic mass is 79.9. The average molecular weight is 334 g/mol. The Bertz CT molecular complexity index is 552. The highest BCUT2D eigenvalue weighted by Crippen LogP contribution is 2.24. The molecule has 1 atom stereocenters. The first-order chi connectivity index (χ1) is 9.61. The Morgan fingerprint density at radius 1 is 1.15 bits per heavy atom. The highest BCUT2D eigenvalue weighted by Gasteiger charge is 2.18. The maximum absolute atomic E-state index is 4.75. The largest absolute Gasteiger partial charge is 0.319 e. The van der Waals surface area contributed by atoms with Crippen LogP contribution < -0.4 is 5.32 Å². The van der Waals surface area contributed by atoms with E-state index in [1.54, 1.807) is 0 Å². The third-order valence-electron chi connectivity index (χ3n) is 3.37. The number of halogens is 1. The second-order valence-corrected chi connectivity index (χ2v) is 6.13. The minimum absolute atomic E-state index is 0.329. The summed E-state index contributed by atoms with van der Waals surface area (Å²) in [6, 6.07) is 10.2. The predicted octanol–water partition coefficient (Wildman–Crippen LogP) is 3.87. The third-order valence-corrected chi connectivity index (χ3v) is 3.90. The van der Waals surface area contributed by atoms with Crippen molar-refractivity contribution in [2.75, 3.05) is 13.6 Å². The zero-order valence-corrected chi connectivity index (χ0v) is 13.7. The van der Waals surface area contributed by atoms with Crippen molar-refractivity contribution >= 4 is 15.9 Å². The average Bonchev–Trinajstić information content (AvgIpc) is 2.45. The number of benzene rings is 1. The standard InChI is InChI=1S/C16H20BrN3/c1-11(2)14(10-18-3)16-19-9-8-15(20-16)12-4-6-13(17)7-5-12/h4-9,11,14,18H,10H2,1-3H3. The van der Waals surface area contributed by atoms with Crippen LogP contribution in [-0.2, 0) is 0 Å². The van der Waals surface area contributed by atoms with Crippen LogP contribution in [0.2, 0.25) is 0 Å². The van der Waals surface area contributed by atoms with E-state index in [0.29, 0.717) is 11.8 Å². The molecule has 0 aliphatic rings. The molecule has 2 rings (SSSR count).